The van der Waals surface area contributed by atoms with Gasteiger partial charge in [0, 0.05) is 11.1 Å². The number of hydrogen-bond acceptors (Lipinski definition) is 2. The molecular formula is C18H13F3O2. The Bertz CT molecular complexity index is 733. The zero-order valence-electron chi connectivity index (χ0n) is 12.3. The Hall–Kier alpha value is -2.74. The molecule has 0 unspecified atom stereocenters. The molecule has 118 valence electrons. The molecule has 0 aliphatic heterocycles. The highest BCUT2D eigenvalue weighted by Crippen LogP contribution is 2.28. The lowest BCUT2D eigenvalue weighted by Gasteiger charge is -2.05. The molecule has 2 aromatic rings. The number of alkyl halides is 3. The molecule has 23 heavy (non-hydrogen) atoms. The standard InChI is InChI=1S/C18H13F3O2/c1-2-23-17(22)15-9-5-13(6-10-15)3-4-14-7-11-16(12-8-14)18(19,20)21/h5-12H,2H2,1H3. The Labute approximate surface area is 131 Å². The van der Waals surface area contributed by atoms with E-state index in [0.717, 1.165) is 12.1 Å². The molecule has 0 bridgehead atoms. The molecule has 0 aliphatic rings. The molecule has 2 rings (SSSR count). The van der Waals surface area contributed by atoms with Crippen LogP contribution in [0.2, 0.25) is 0 Å². The van der Waals surface area contributed by atoms with Gasteiger partial charge >= 0.3 is 12.1 Å². The van der Waals surface area contributed by atoms with Gasteiger partial charge in [-0.3, -0.25) is 0 Å². The monoisotopic (exact) mass is 318 g/mol. The van der Waals surface area contributed by atoms with Crippen molar-refractivity contribution in [3.8, 4) is 11.8 Å². The summed E-state index contributed by atoms with van der Waals surface area (Å²) < 4.78 is 42.2. The number of carbonyl (C=O) groups is 1. The van der Waals surface area contributed by atoms with Gasteiger partial charge in [-0.2, -0.15) is 13.2 Å². The average Bonchev–Trinajstić information content (AvgIpc) is 2.53. The van der Waals surface area contributed by atoms with Gasteiger partial charge in [0.25, 0.3) is 0 Å². The fourth-order valence-electron chi connectivity index (χ4n) is 1.79. The minimum absolute atomic E-state index is 0.300. The molecule has 0 radical (unpaired) electrons. The number of esters is 1. The van der Waals surface area contributed by atoms with E-state index in [0.29, 0.717) is 23.3 Å². The smallest absolute Gasteiger partial charge is 0.416 e. The first-order chi connectivity index (χ1) is 10.9. The van der Waals surface area contributed by atoms with Crippen LogP contribution in [0.3, 0.4) is 0 Å². The van der Waals surface area contributed by atoms with Crippen LogP contribution in [-0.4, -0.2) is 12.6 Å². The Morgan fingerprint density at radius 3 is 1.87 bits per heavy atom. The molecule has 0 saturated heterocycles. The van der Waals surface area contributed by atoms with E-state index in [1.165, 1.54) is 12.1 Å². The van der Waals surface area contributed by atoms with Crippen molar-refractivity contribution in [3.63, 3.8) is 0 Å². The molecule has 5 heteroatoms. The van der Waals surface area contributed by atoms with Gasteiger partial charge in [0.1, 0.15) is 0 Å². The molecule has 0 fully saturated rings. The lowest BCUT2D eigenvalue weighted by Crippen LogP contribution is -2.04. The molecule has 0 saturated carbocycles. The summed E-state index contributed by atoms with van der Waals surface area (Å²) in [5, 5.41) is 0. The van der Waals surface area contributed by atoms with Gasteiger partial charge < -0.3 is 4.74 Å². The molecule has 0 amide bonds. The molecule has 0 spiro atoms. The number of ether oxygens (including phenoxy) is 1. The number of benzene rings is 2. The first-order valence-corrected chi connectivity index (χ1v) is 6.86. The van der Waals surface area contributed by atoms with Crippen LogP contribution in [0.1, 0.15) is 34.0 Å². The van der Waals surface area contributed by atoms with Crippen molar-refractivity contribution in [2.75, 3.05) is 6.61 Å². The zero-order valence-corrected chi connectivity index (χ0v) is 12.3. The predicted octanol–water partition coefficient (Wildman–Crippen LogP) is 4.28. The van der Waals surface area contributed by atoms with Crippen molar-refractivity contribution >= 4 is 5.97 Å². The second-order valence-corrected chi connectivity index (χ2v) is 4.62. The van der Waals surface area contributed by atoms with Gasteiger partial charge in [-0.25, -0.2) is 4.79 Å². The number of halogens is 3. The largest absolute Gasteiger partial charge is 0.462 e. The lowest BCUT2D eigenvalue weighted by molar-refractivity contribution is -0.137. The van der Waals surface area contributed by atoms with E-state index in [-0.39, 0.29) is 0 Å². The van der Waals surface area contributed by atoms with Crippen LogP contribution in [0.15, 0.2) is 48.5 Å². The molecule has 2 aromatic carbocycles. The maximum Gasteiger partial charge on any atom is 0.416 e. The van der Waals surface area contributed by atoms with Crippen molar-refractivity contribution in [1.29, 1.82) is 0 Å². The summed E-state index contributed by atoms with van der Waals surface area (Å²) >= 11 is 0. The van der Waals surface area contributed by atoms with Gasteiger partial charge in [0.2, 0.25) is 0 Å². The zero-order chi connectivity index (χ0) is 16.9. The van der Waals surface area contributed by atoms with Crippen molar-refractivity contribution < 1.29 is 22.7 Å². The second-order valence-electron chi connectivity index (χ2n) is 4.62. The van der Waals surface area contributed by atoms with Crippen molar-refractivity contribution in [2.45, 2.75) is 13.1 Å². The number of carbonyl (C=O) groups excluding carboxylic acids is 1. The van der Waals surface area contributed by atoms with Crippen molar-refractivity contribution in [3.05, 3.63) is 70.8 Å². The topological polar surface area (TPSA) is 26.3 Å². The van der Waals surface area contributed by atoms with Gasteiger partial charge in [0.15, 0.2) is 0 Å². The summed E-state index contributed by atoms with van der Waals surface area (Å²) in [6.07, 6.45) is -4.35. The normalized spacial score (nSPS) is 10.6. The molecule has 2 nitrogen and oxygen atoms in total. The van der Waals surface area contributed by atoms with Crippen LogP contribution in [0.5, 0.6) is 0 Å². The second kappa shape index (κ2) is 7.01. The van der Waals surface area contributed by atoms with Gasteiger partial charge in [0.05, 0.1) is 17.7 Å². The molecular weight excluding hydrogens is 305 g/mol. The van der Waals surface area contributed by atoms with E-state index in [2.05, 4.69) is 11.8 Å². The molecule has 0 heterocycles. The summed E-state index contributed by atoms with van der Waals surface area (Å²) in [5.41, 5.74) is 0.846. The Kier molecular flexibility index (Phi) is 5.07. The molecule has 0 N–H and O–H groups in total. The fraction of sp³-hybridized carbons (Fsp3) is 0.167. The van der Waals surface area contributed by atoms with Crippen LogP contribution in [0.4, 0.5) is 13.2 Å². The maximum atomic E-state index is 12.5. The minimum Gasteiger partial charge on any atom is -0.462 e. The van der Waals surface area contributed by atoms with Crippen LogP contribution < -0.4 is 0 Å². The highest BCUT2D eigenvalue weighted by molar-refractivity contribution is 5.89. The quantitative estimate of drug-likeness (QED) is 0.610. The van der Waals surface area contributed by atoms with E-state index in [4.69, 9.17) is 4.74 Å². The Morgan fingerprint density at radius 1 is 0.957 bits per heavy atom. The van der Waals surface area contributed by atoms with Gasteiger partial charge in [-0.05, 0) is 55.5 Å². The third-order valence-corrected chi connectivity index (χ3v) is 2.96. The van der Waals surface area contributed by atoms with E-state index >= 15 is 0 Å². The van der Waals surface area contributed by atoms with E-state index in [1.807, 2.05) is 0 Å². The third-order valence-electron chi connectivity index (χ3n) is 2.96. The van der Waals surface area contributed by atoms with Crippen LogP contribution in [0, 0.1) is 11.8 Å². The fourth-order valence-corrected chi connectivity index (χ4v) is 1.79. The van der Waals surface area contributed by atoms with Crippen molar-refractivity contribution in [2.24, 2.45) is 0 Å². The van der Waals surface area contributed by atoms with Crippen LogP contribution >= 0.6 is 0 Å². The first kappa shape index (κ1) is 16.6. The summed E-state index contributed by atoms with van der Waals surface area (Å²) in [5.74, 6) is 5.21. The highest BCUT2D eigenvalue weighted by atomic mass is 19.4. The van der Waals surface area contributed by atoms with Crippen LogP contribution in [0.25, 0.3) is 0 Å². The van der Waals surface area contributed by atoms with E-state index < -0.39 is 17.7 Å². The highest BCUT2D eigenvalue weighted by Gasteiger charge is 2.29. The Morgan fingerprint density at radius 2 is 1.43 bits per heavy atom. The number of hydrogen-bond donors (Lipinski definition) is 0. The van der Waals surface area contributed by atoms with Gasteiger partial charge in [-0.1, -0.05) is 11.8 Å². The average molecular weight is 318 g/mol. The first-order valence-electron chi connectivity index (χ1n) is 6.86. The third kappa shape index (κ3) is 4.62. The predicted molar refractivity (Wildman–Crippen MR) is 79.8 cm³/mol. The van der Waals surface area contributed by atoms with E-state index in [9.17, 15) is 18.0 Å². The molecule has 0 aromatic heterocycles. The summed E-state index contributed by atoms with van der Waals surface area (Å²) in [4.78, 5) is 11.5. The lowest BCUT2D eigenvalue weighted by atomic mass is 10.1. The summed E-state index contributed by atoms with van der Waals surface area (Å²) in [6, 6.07) is 11.1. The SMILES string of the molecule is CCOC(=O)c1ccc(C#Cc2ccc(C(F)(F)F)cc2)cc1. The summed E-state index contributed by atoms with van der Waals surface area (Å²) in [7, 11) is 0. The van der Waals surface area contributed by atoms with Gasteiger partial charge in [-0.15, -0.1) is 0 Å². The van der Waals surface area contributed by atoms with Crippen molar-refractivity contribution in [1.82, 2.24) is 0 Å². The summed E-state index contributed by atoms with van der Waals surface area (Å²) in [6.45, 7) is 2.02. The molecule has 0 atom stereocenters. The van der Waals surface area contributed by atoms with E-state index in [1.54, 1.807) is 31.2 Å². The van der Waals surface area contributed by atoms with Crippen LogP contribution in [-0.2, 0) is 10.9 Å². The maximum absolute atomic E-state index is 12.5. The minimum atomic E-state index is -4.35. The molecule has 0 aliphatic carbocycles. The Balaban J connectivity index is 2.11. The number of rotatable bonds is 2.